The molecule has 4 nitrogen and oxygen atoms in total. The van der Waals surface area contributed by atoms with Crippen LogP contribution >= 0.6 is 0 Å². The maximum atomic E-state index is 11.8. The van der Waals surface area contributed by atoms with E-state index in [0.29, 0.717) is 19.4 Å². The van der Waals surface area contributed by atoms with Crippen LogP contribution in [0.25, 0.3) is 0 Å². The van der Waals surface area contributed by atoms with Crippen LogP contribution in [0.5, 0.6) is 5.75 Å². The highest BCUT2D eigenvalue weighted by Crippen LogP contribution is 2.24. The normalized spacial score (nSPS) is 14.2. The van der Waals surface area contributed by atoms with Crippen molar-refractivity contribution in [3.05, 3.63) is 29.8 Å². The molecule has 0 saturated carbocycles. The van der Waals surface area contributed by atoms with E-state index < -0.39 is 0 Å². The molecule has 23 heavy (non-hydrogen) atoms. The molecule has 1 unspecified atom stereocenters. The summed E-state index contributed by atoms with van der Waals surface area (Å²) in [5, 5.41) is 2.93. The number of benzene rings is 1. The smallest absolute Gasteiger partial charge is 0.220 e. The number of hydrogen-bond acceptors (Lipinski definition) is 3. The number of amides is 1. The average Bonchev–Trinajstić information content (AvgIpc) is 2.50. The summed E-state index contributed by atoms with van der Waals surface area (Å²) in [6.07, 6.45) is 1.17. The molecule has 1 aromatic rings. The molecule has 0 aliphatic carbocycles. The van der Waals surface area contributed by atoms with Crippen LogP contribution < -0.4 is 10.1 Å². The molecule has 0 fully saturated rings. The summed E-state index contributed by atoms with van der Waals surface area (Å²) in [6.45, 7) is 11.0. The van der Waals surface area contributed by atoms with Crippen molar-refractivity contribution >= 4 is 5.91 Å². The molecule has 1 amide bonds. The van der Waals surface area contributed by atoms with E-state index in [1.807, 2.05) is 26.0 Å². The minimum atomic E-state index is 0.0107. The van der Waals surface area contributed by atoms with Crippen molar-refractivity contribution in [3.63, 3.8) is 0 Å². The summed E-state index contributed by atoms with van der Waals surface area (Å²) in [4.78, 5) is 11.8. The molecule has 2 atom stereocenters. The van der Waals surface area contributed by atoms with E-state index in [1.54, 1.807) is 7.11 Å². The zero-order valence-corrected chi connectivity index (χ0v) is 15.3. The Bertz CT molecular complexity index is 476. The molecule has 0 spiro atoms. The average molecular weight is 321 g/mol. The van der Waals surface area contributed by atoms with E-state index in [9.17, 15) is 4.79 Å². The third kappa shape index (κ3) is 7.04. The molecule has 0 radical (unpaired) electrons. The standard InChI is InChI=1S/C19H31NO3/c1-14(15(2)22-6)20-18(21)8-7-13-23-17-11-9-16(10-12-17)19(3,4)5/h9-12,14-15H,7-8,13H2,1-6H3,(H,20,21)/t14-,15?/m0/s1. The summed E-state index contributed by atoms with van der Waals surface area (Å²) >= 11 is 0. The number of nitrogens with one attached hydrogen (secondary N) is 1. The fourth-order valence-electron chi connectivity index (χ4n) is 2.12. The molecule has 1 rings (SSSR count). The topological polar surface area (TPSA) is 47.6 Å². The van der Waals surface area contributed by atoms with Crippen LogP contribution in [0.15, 0.2) is 24.3 Å². The number of carbonyl (C=O) groups is 1. The first-order valence-corrected chi connectivity index (χ1v) is 8.29. The van der Waals surface area contributed by atoms with Gasteiger partial charge in [0.25, 0.3) is 0 Å². The quantitative estimate of drug-likeness (QED) is 0.743. The minimum absolute atomic E-state index is 0.0107. The van der Waals surface area contributed by atoms with Gasteiger partial charge in [0, 0.05) is 13.5 Å². The lowest BCUT2D eigenvalue weighted by atomic mass is 9.87. The molecule has 0 saturated heterocycles. The Morgan fingerprint density at radius 3 is 2.30 bits per heavy atom. The van der Waals surface area contributed by atoms with Crippen molar-refractivity contribution in [2.45, 2.75) is 65.0 Å². The Labute approximate surface area is 140 Å². The number of methoxy groups -OCH3 is 1. The lowest BCUT2D eigenvalue weighted by molar-refractivity contribution is -0.122. The molecule has 130 valence electrons. The summed E-state index contributed by atoms with van der Waals surface area (Å²) in [5.74, 6) is 0.882. The second-order valence-electron chi connectivity index (χ2n) is 7.02. The third-order valence-electron chi connectivity index (χ3n) is 4.00. The van der Waals surface area contributed by atoms with Gasteiger partial charge in [0.2, 0.25) is 5.91 Å². The van der Waals surface area contributed by atoms with Crippen LogP contribution in [-0.4, -0.2) is 31.8 Å². The fraction of sp³-hybridized carbons (Fsp3) is 0.632. The van der Waals surface area contributed by atoms with Gasteiger partial charge in [-0.1, -0.05) is 32.9 Å². The largest absolute Gasteiger partial charge is 0.494 e. The van der Waals surface area contributed by atoms with Crippen LogP contribution in [0, 0.1) is 0 Å². The molecule has 0 bridgehead atoms. The predicted octanol–water partition coefficient (Wildman–Crippen LogP) is 3.68. The Kier molecular flexibility index (Phi) is 7.56. The Morgan fingerprint density at radius 2 is 1.78 bits per heavy atom. The van der Waals surface area contributed by atoms with E-state index in [4.69, 9.17) is 9.47 Å². The Morgan fingerprint density at radius 1 is 1.17 bits per heavy atom. The Hall–Kier alpha value is -1.55. The van der Waals surface area contributed by atoms with Gasteiger partial charge in [-0.05, 0) is 43.4 Å². The number of ether oxygens (including phenoxy) is 2. The third-order valence-corrected chi connectivity index (χ3v) is 4.00. The molecule has 0 aliphatic rings. The zero-order chi connectivity index (χ0) is 17.5. The summed E-state index contributed by atoms with van der Waals surface area (Å²) < 4.78 is 10.9. The van der Waals surface area contributed by atoms with E-state index in [0.717, 1.165) is 5.75 Å². The van der Waals surface area contributed by atoms with Crippen molar-refractivity contribution in [1.29, 1.82) is 0 Å². The van der Waals surface area contributed by atoms with Crippen LogP contribution in [0.1, 0.15) is 53.0 Å². The molecular weight excluding hydrogens is 290 g/mol. The molecule has 1 N–H and O–H groups in total. The van der Waals surface area contributed by atoms with Gasteiger partial charge in [-0.3, -0.25) is 4.79 Å². The van der Waals surface area contributed by atoms with Crippen LogP contribution in [0.2, 0.25) is 0 Å². The van der Waals surface area contributed by atoms with Gasteiger partial charge in [0.15, 0.2) is 0 Å². The lowest BCUT2D eigenvalue weighted by Gasteiger charge is -2.20. The van der Waals surface area contributed by atoms with Gasteiger partial charge in [-0.15, -0.1) is 0 Å². The highest BCUT2D eigenvalue weighted by atomic mass is 16.5. The highest BCUT2D eigenvalue weighted by Gasteiger charge is 2.14. The van der Waals surface area contributed by atoms with Gasteiger partial charge >= 0.3 is 0 Å². The van der Waals surface area contributed by atoms with Gasteiger partial charge in [-0.25, -0.2) is 0 Å². The summed E-state index contributed by atoms with van der Waals surface area (Å²) in [5.41, 5.74) is 1.43. The highest BCUT2D eigenvalue weighted by molar-refractivity contribution is 5.76. The first-order valence-electron chi connectivity index (χ1n) is 8.29. The lowest BCUT2D eigenvalue weighted by Crippen LogP contribution is -2.40. The SMILES string of the molecule is COC(C)[C@H](C)NC(=O)CCCOc1ccc(C(C)(C)C)cc1. The van der Waals surface area contributed by atoms with Crippen molar-refractivity contribution in [2.24, 2.45) is 0 Å². The molecule has 0 heterocycles. The molecular formula is C19H31NO3. The zero-order valence-electron chi connectivity index (χ0n) is 15.3. The first-order chi connectivity index (χ1) is 10.7. The molecule has 4 heteroatoms. The van der Waals surface area contributed by atoms with Gasteiger partial charge in [0.1, 0.15) is 5.75 Å². The molecule has 1 aromatic carbocycles. The molecule has 0 aliphatic heterocycles. The van der Waals surface area contributed by atoms with E-state index in [2.05, 4.69) is 38.2 Å². The van der Waals surface area contributed by atoms with E-state index in [-0.39, 0.29) is 23.5 Å². The van der Waals surface area contributed by atoms with Crippen LogP contribution in [0.3, 0.4) is 0 Å². The van der Waals surface area contributed by atoms with Gasteiger partial charge in [-0.2, -0.15) is 0 Å². The maximum absolute atomic E-state index is 11.8. The van der Waals surface area contributed by atoms with Crippen LogP contribution in [-0.2, 0) is 14.9 Å². The first kappa shape index (κ1) is 19.5. The monoisotopic (exact) mass is 321 g/mol. The van der Waals surface area contributed by atoms with Gasteiger partial charge in [0.05, 0.1) is 18.8 Å². The minimum Gasteiger partial charge on any atom is -0.494 e. The summed E-state index contributed by atoms with van der Waals surface area (Å²) in [6, 6.07) is 8.18. The van der Waals surface area contributed by atoms with Gasteiger partial charge < -0.3 is 14.8 Å². The number of hydrogen-bond donors (Lipinski definition) is 1. The summed E-state index contributed by atoms with van der Waals surface area (Å²) in [7, 11) is 1.64. The fourth-order valence-corrected chi connectivity index (χ4v) is 2.12. The van der Waals surface area contributed by atoms with Crippen molar-refractivity contribution in [2.75, 3.05) is 13.7 Å². The Balaban J connectivity index is 2.28. The predicted molar refractivity (Wildman–Crippen MR) is 93.9 cm³/mol. The van der Waals surface area contributed by atoms with Crippen molar-refractivity contribution in [3.8, 4) is 5.75 Å². The van der Waals surface area contributed by atoms with E-state index >= 15 is 0 Å². The number of rotatable bonds is 8. The second kappa shape index (κ2) is 8.92. The molecule has 0 aromatic heterocycles. The van der Waals surface area contributed by atoms with Crippen molar-refractivity contribution < 1.29 is 14.3 Å². The number of carbonyl (C=O) groups excluding carboxylic acids is 1. The second-order valence-corrected chi connectivity index (χ2v) is 7.02. The maximum Gasteiger partial charge on any atom is 0.220 e. The van der Waals surface area contributed by atoms with Crippen molar-refractivity contribution in [1.82, 2.24) is 5.32 Å². The van der Waals surface area contributed by atoms with E-state index in [1.165, 1.54) is 5.56 Å². The van der Waals surface area contributed by atoms with Crippen LogP contribution in [0.4, 0.5) is 0 Å².